The van der Waals surface area contributed by atoms with Crippen LogP contribution in [0.15, 0.2) is 29.6 Å². The lowest BCUT2D eigenvalue weighted by Crippen LogP contribution is -2.35. The Hall–Kier alpha value is -1.72. The minimum Gasteiger partial charge on any atom is -0.480 e. The van der Waals surface area contributed by atoms with E-state index in [1.165, 1.54) is 5.56 Å². The van der Waals surface area contributed by atoms with E-state index in [4.69, 9.17) is 0 Å². The third kappa shape index (κ3) is 3.20. The number of aryl methyl sites for hydroxylation is 1. The number of hydrogen-bond acceptors (Lipinski definition) is 4. The topological polar surface area (TPSA) is 53.4 Å². The fourth-order valence-corrected chi connectivity index (χ4v) is 3.72. The molecule has 0 amide bonds. The molecule has 1 aliphatic heterocycles. The highest BCUT2D eigenvalue weighted by Gasteiger charge is 2.30. The van der Waals surface area contributed by atoms with Gasteiger partial charge in [0.1, 0.15) is 11.0 Å². The summed E-state index contributed by atoms with van der Waals surface area (Å²) in [6.07, 6.45) is 2.73. The van der Waals surface area contributed by atoms with Crippen molar-refractivity contribution >= 4 is 17.3 Å². The number of thiazole rings is 1. The molecule has 1 aromatic carbocycles. The summed E-state index contributed by atoms with van der Waals surface area (Å²) in [6, 6.07) is 8.14. The smallest absolute Gasteiger partial charge is 0.320 e. The monoisotopic (exact) mass is 316 g/mol. The summed E-state index contributed by atoms with van der Waals surface area (Å²) >= 11 is 1.62. The number of likely N-dealkylation sites (tertiary alicyclic amines) is 1. The van der Waals surface area contributed by atoms with Crippen LogP contribution in [0.4, 0.5) is 0 Å². The molecule has 0 radical (unpaired) electrons. The minimum atomic E-state index is -0.719. The van der Waals surface area contributed by atoms with Crippen molar-refractivity contribution in [3.8, 4) is 10.6 Å². The van der Waals surface area contributed by atoms with Crippen LogP contribution in [0.5, 0.6) is 0 Å². The van der Waals surface area contributed by atoms with Crippen molar-refractivity contribution < 1.29 is 9.90 Å². The van der Waals surface area contributed by atoms with E-state index in [0.717, 1.165) is 42.1 Å². The molecular formula is C17H20N2O2S. The van der Waals surface area contributed by atoms with Crippen LogP contribution in [-0.2, 0) is 17.8 Å². The zero-order valence-electron chi connectivity index (χ0n) is 12.7. The highest BCUT2D eigenvalue weighted by Crippen LogP contribution is 2.26. The molecule has 22 heavy (non-hydrogen) atoms. The normalized spacial score (nSPS) is 18.7. The lowest BCUT2D eigenvalue weighted by molar-refractivity contribution is -0.142. The number of carbonyl (C=O) groups is 1. The Bertz CT molecular complexity index is 651. The summed E-state index contributed by atoms with van der Waals surface area (Å²) < 4.78 is 0. The van der Waals surface area contributed by atoms with Gasteiger partial charge in [-0.2, -0.15) is 0 Å². The van der Waals surface area contributed by atoms with Gasteiger partial charge in [0.25, 0.3) is 0 Å². The molecule has 4 nitrogen and oxygen atoms in total. The largest absolute Gasteiger partial charge is 0.480 e. The van der Waals surface area contributed by atoms with E-state index in [0.29, 0.717) is 6.54 Å². The van der Waals surface area contributed by atoms with E-state index in [2.05, 4.69) is 36.2 Å². The lowest BCUT2D eigenvalue weighted by atomic mass is 10.1. The maximum atomic E-state index is 11.2. The SMILES string of the molecule is CCc1ccc(-c2nc(CN3CCCC3C(=O)O)cs2)cc1. The van der Waals surface area contributed by atoms with Gasteiger partial charge in [0.15, 0.2) is 0 Å². The van der Waals surface area contributed by atoms with E-state index in [1.807, 2.05) is 10.3 Å². The molecule has 1 aliphatic rings. The first-order chi connectivity index (χ1) is 10.7. The molecule has 1 unspecified atom stereocenters. The molecule has 1 fully saturated rings. The van der Waals surface area contributed by atoms with Crippen LogP contribution >= 0.6 is 11.3 Å². The molecule has 1 N–H and O–H groups in total. The number of rotatable bonds is 5. The molecule has 0 spiro atoms. The van der Waals surface area contributed by atoms with Gasteiger partial charge >= 0.3 is 5.97 Å². The fraction of sp³-hybridized carbons (Fsp3) is 0.412. The van der Waals surface area contributed by atoms with Crippen LogP contribution in [0.1, 0.15) is 31.0 Å². The Labute approximate surface area is 134 Å². The van der Waals surface area contributed by atoms with Crippen molar-refractivity contribution in [1.29, 1.82) is 0 Å². The summed E-state index contributed by atoms with van der Waals surface area (Å²) in [5, 5.41) is 12.3. The highest BCUT2D eigenvalue weighted by molar-refractivity contribution is 7.13. The van der Waals surface area contributed by atoms with E-state index in [1.54, 1.807) is 11.3 Å². The van der Waals surface area contributed by atoms with Crippen LogP contribution in [0.25, 0.3) is 10.6 Å². The molecule has 1 atom stereocenters. The number of carboxylic acid groups (broad SMARTS) is 1. The molecule has 2 heterocycles. The van der Waals surface area contributed by atoms with Crippen LogP contribution in [0.2, 0.25) is 0 Å². The van der Waals surface area contributed by atoms with E-state index in [-0.39, 0.29) is 6.04 Å². The number of hydrogen-bond donors (Lipinski definition) is 1. The maximum Gasteiger partial charge on any atom is 0.320 e. The molecule has 0 saturated carbocycles. The maximum absolute atomic E-state index is 11.2. The highest BCUT2D eigenvalue weighted by atomic mass is 32.1. The Morgan fingerprint density at radius 3 is 2.86 bits per heavy atom. The second kappa shape index (κ2) is 6.58. The molecule has 5 heteroatoms. The predicted octanol–water partition coefficient (Wildman–Crippen LogP) is 3.42. The van der Waals surface area contributed by atoms with E-state index < -0.39 is 5.97 Å². The van der Waals surface area contributed by atoms with Crippen LogP contribution < -0.4 is 0 Å². The third-order valence-corrected chi connectivity index (χ3v) is 5.11. The fourth-order valence-electron chi connectivity index (χ4n) is 2.90. The molecule has 3 rings (SSSR count). The van der Waals surface area contributed by atoms with Gasteiger partial charge in [-0.05, 0) is 31.4 Å². The molecule has 1 saturated heterocycles. The average Bonchev–Trinajstić information content (AvgIpc) is 3.17. The molecule has 2 aromatic rings. The van der Waals surface area contributed by atoms with E-state index in [9.17, 15) is 9.90 Å². The van der Waals surface area contributed by atoms with Crippen molar-refractivity contribution in [3.63, 3.8) is 0 Å². The summed E-state index contributed by atoms with van der Waals surface area (Å²) in [5.74, 6) is -0.719. The van der Waals surface area contributed by atoms with Crippen LogP contribution in [-0.4, -0.2) is 33.5 Å². The lowest BCUT2D eigenvalue weighted by Gasteiger charge is -2.19. The van der Waals surface area contributed by atoms with Crippen LogP contribution in [0.3, 0.4) is 0 Å². The summed E-state index contributed by atoms with van der Waals surface area (Å²) in [4.78, 5) is 17.9. The van der Waals surface area contributed by atoms with Gasteiger partial charge in [-0.3, -0.25) is 9.69 Å². The molecule has 0 bridgehead atoms. The van der Waals surface area contributed by atoms with Crippen molar-refractivity contribution in [1.82, 2.24) is 9.88 Å². The number of benzene rings is 1. The van der Waals surface area contributed by atoms with Gasteiger partial charge in [0.2, 0.25) is 0 Å². The summed E-state index contributed by atoms with van der Waals surface area (Å²) in [7, 11) is 0. The predicted molar refractivity (Wildman–Crippen MR) is 88.0 cm³/mol. The Morgan fingerprint density at radius 2 is 2.18 bits per heavy atom. The van der Waals surface area contributed by atoms with Gasteiger partial charge < -0.3 is 5.11 Å². The number of aromatic nitrogens is 1. The molecule has 1 aromatic heterocycles. The van der Waals surface area contributed by atoms with Gasteiger partial charge in [-0.25, -0.2) is 4.98 Å². The van der Waals surface area contributed by atoms with Crippen molar-refractivity contribution in [3.05, 3.63) is 40.9 Å². The summed E-state index contributed by atoms with van der Waals surface area (Å²) in [6.45, 7) is 3.61. The number of carboxylic acids is 1. The zero-order chi connectivity index (χ0) is 15.5. The Morgan fingerprint density at radius 1 is 1.41 bits per heavy atom. The average molecular weight is 316 g/mol. The van der Waals surface area contributed by atoms with Crippen molar-refractivity contribution in [2.75, 3.05) is 6.54 Å². The first kappa shape index (κ1) is 15.2. The Kier molecular flexibility index (Phi) is 4.55. The number of aliphatic carboxylic acids is 1. The quantitative estimate of drug-likeness (QED) is 0.918. The second-order valence-electron chi connectivity index (χ2n) is 5.66. The summed E-state index contributed by atoms with van der Waals surface area (Å²) in [5.41, 5.74) is 3.42. The standard InChI is InChI=1S/C17H20N2O2S/c1-2-12-5-7-13(8-6-12)16-18-14(11-22-16)10-19-9-3-4-15(19)17(20)21/h5-8,11,15H,2-4,9-10H2,1H3,(H,20,21). The Balaban J connectivity index is 1.72. The van der Waals surface area contributed by atoms with Gasteiger partial charge in [0, 0.05) is 17.5 Å². The molecule has 0 aliphatic carbocycles. The van der Waals surface area contributed by atoms with Gasteiger partial charge in [-0.1, -0.05) is 31.2 Å². The van der Waals surface area contributed by atoms with Crippen LogP contribution in [0, 0.1) is 0 Å². The minimum absolute atomic E-state index is 0.353. The molecular weight excluding hydrogens is 296 g/mol. The number of nitrogens with zero attached hydrogens (tertiary/aromatic N) is 2. The first-order valence-corrected chi connectivity index (χ1v) is 8.56. The van der Waals surface area contributed by atoms with Gasteiger partial charge in [0.05, 0.1) is 5.69 Å². The van der Waals surface area contributed by atoms with Gasteiger partial charge in [-0.15, -0.1) is 11.3 Å². The first-order valence-electron chi connectivity index (χ1n) is 7.68. The third-order valence-electron chi connectivity index (χ3n) is 4.17. The van der Waals surface area contributed by atoms with Crippen molar-refractivity contribution in [2.45, 2.75) is 38.8 Å². The zero-order valence-corrected chi connectivity index (χ0v) is 13.5. The molecule has 116 valence electrons. The second-order valence-corrected chi connectivity index (χ2v) is 6.52. The van der Waals surface area contributed by atoms with E-state index >= 15 is 0 Å². The van der Waals surface area contributed by atoms with Crippen molar-refractivity contribution in [2.24, 2.45) is 0 Å².